The molecule has 0 aliphatic heterocycles. The van der Waals surface area contributed by atoms with Gasteiger partial charge in [-0.15, -0.1) is 0 Å². The number of nitrogens with one attached hydrogen (secondary N) is 1. The number of halogens is 1. The topological polar surface area (TPSA) is 55.1 Å². The summed E-state index contributed by atoms with van der Waals surface area (Å²) in [4.78, 5) is 12.4. The van der Waals surface area contributed by atoms with Crippen LogP contribution in [0.25, 0.3) is 0 Å². The molecule has 0 aliphatic carbocycles. The van der Waals surface area contributed by atoms with E-state index in [1.54, 1.807) is 12.1 Å². The molecule has 0 saturated carbocycles. The van der Waals surface area contributed by atoms with Crippen LogP contribution in [0.1, 0.15) is 11.5 Å². The lowest BCUT2D eigenvalue weighted by atomic mass is 9.98. The number of nitrogens with two attached hydrogens (primary N) is 1. The smallest absolute Gasteiger partial charge is 0.238 e. The summed E-state index contributed by atoms with van der Waals surface area (Å²) >= 11 is 4.97. The van der Waals surface area contributed by atoms with Gasteiger partial charge in [-0.1, -0.05) is 42.5 Å². The van der Waals surface area contributed by atoms with Crippen molar-refractivity contribution >= 4 is 28.8 Å². The van der Waals surface area contributed by atoms with Gasteiger partial charge in [0.15, 0.2) is 0 Å². The monoisotopic (exact) mass is 288 g/mol. The van der Waals surface area contributed by atoms with Crippen molar-refractivity contribution in [2.75, 3.05) is 5.32 Å². The Bertz CT molecular complexity index is 614. The standard InChI is InChI=1S/C15H13FN2OS/c16-11-6-8-12(9-7-11)18-15(19)13(14(17)20)10-4-2-1-3-5-10/h1-9,13H,(H2,17,20)(H,18,19). The molecule has 3 nitrogen and oxygen atoms in total. The molecule has 102 valence electrons. The maximum absolute atomic E-state index is 12.8. The first kappa shape index (κ1) is 14.1. The van der Waals surface area contributed by atoms with Crippen LogP contribution in [0.2, 0.25) is 0 Å². The number of hydrogen-bond acceptors (Lipinski definition) is 2. The zero-order valence-corrected chi connectivity index (χ0v) is 11.4. The highest BCUT2D eigenvalue weighted by Gasteiger charge is 2.23. The largest absolute Gasteiger partial charge is 0.392 e. The van der Waals surface area contributed by atoms with Crippen molar-refractivity contribution < 1.29 is 9.18 Å². The van der Waals surface area contributed by atoms with E-state index in [0.29, 0.717) is 5.69 Å². The number of anilines is 1. The van der Waals surface area contributed by atoms with E-state index in [0.717, 1.165) is 5.56 Å². The first-order valence-corrected chi connectivity index (χ1v) is 6.39. The Morgan fingerprint density at radius 1 is 1.10 bits per heavy atom. The Balaban J connectivity index is 2.20. The summed E-state index contributed by atoms with van der Waals surface area (Å²) in [6.07, 6.45) is 0. The van der Waals surface area contributed by atoms with Crippen molar-refractivity contribution in [3.05, 3.63) is 66.0 Å². The fourth-order valence-corrected chi connectivity index (χ4v) is 2.08. The molecule has 0 aliphatic rings. The van der Waals surface area contributed by atoms with E-state index in [2.05, 4.69) is 5.32 Å². The third kappa shape index (κ3) is 3.39. The van der Waals surface area contributed by atoms with Crippen molar-refractivity contribution in [3.63, 3.8) is 0 Å². The quantitative estimate of drug-likeness (QED) is 0.851. The van der Waals surface area contributed by atoms with Gasteiger partial charge >= 0.3 is 0 Å². The summed E-state index contributed by atoms with van der Waals surface area (Å²) in [5.74, 6) is -1.41. The van der Waals surface area contributed by atoms with Crippen LogP contribution in [-0.4, -0.2) is 10.9 Å². The third-order valence-electron chi connectivity index (χ3n) is 2.79. The van der Waals surface area contributed by atoms with Crippen LogP contribution in [0.3, 0.4) is 0 Å². The van der Waals surface area contributed by atoms with E-state index >= 15 is 0 Å². The molecule has 0 spiro atoms. The Morgan fingerprint density at radius 2 is 1.70 bits per heavy atom. The number of amides is 1. The van der Waals surface area contributed by atoms with Crippen LogP contribution in [0.15, 0.2) is 54.6 Å². The summed E-state index contributed by atoms with van der Waals surface area (Å²) in [6.45, 7) is 0. The summed E-state index contributed by atoms with van der Waals surface area (Å²) in [7, 11) is 0. The molecule has 2 rings (SSSR count). The second-order valence-corrected chi connectivity index (χ2v) is 4.71. The van der Waals surface area contributed by atoms with E-state index in [1.807, 2.05) is 18.2 Å². The summed E-state index contributed by atoms with van der Waals surface area (Å²) in [5, 5.41) is 2.68. The molecule has 0 heterocycles. The Labute approximate surface area is 121 Å². The molecule has 0 saturated heterocycles. The van der Waals surface area contributed by atoms with Crippen molar-refractivity contribution in [3.8, 4) is 0 Å². The third-order valence-corrected chi connectivity index (χ3v) is 3.03. The summed E-state index contributed by atoms with van der Waals surface area (Å²) < 4.78 is 12.8. The summed E-state index contributed by atoms with van der Waals surface area (Å²) in [5.41, 5.74) is 6.87. The van der Waals surface area contributed by atoms with Gasteiger partial charge in [0.05, 0.1) is 4.99 Å². The molecular formula is C15H13FN2OS. The van der Waals surface area contributed by atoms with E-state index in [4.69, 9.17) is 18.0 Å². The average molecular weight is 288 g/mol. The van der Waals surface area contributed by atoms with Crippen LogP contribution < -0.4 is 11.1 Å². The predicted molar refractivity (Wildman–Crippen MR) is 81.0 cm³/mol. The lowest BCUT2D eigenvalue weighted by Crippen LogP contribution is -2.31. The molecule has 20 heavy (non-hydrogen) atoms. The van der Waals surface area contributed by atoms with Gasteiger partial charge in [-0.3, -0.25) is 4.79 Å². The maximum atomic E-state index is 12.8. The Hall–Kier alpha value is -2.27. The minimum atomic E-state index is -0.712. The molecular weight excluding hydrogens is 275 g/mol. The SMILES string of the molecule is NC(=S)C(C(=O)Nc1ccc(F)cc1)c1ccccc1. The molecule has 0 aromatic heterocycles. The van der Waals surface area contributed by atoms with Crippen molar-refractivity contribution in [2.24, 2.45) is 5.73 Å². The highest BCUT2D eigenvalue weighted by molar-refractivity contribution is 7.80. The number of carbonyl (C=O) groups is 1. The molecule has 1 atom stereocenters. The van der Waals surface area contributed by atoms with Crippen molar-refractivity contribution in [2.45, 2.75) is 5.92 Å². The van der Waals surface area contributed by atoms with Crippen LogP contribution in [0.5, 0.6) is 0 Å². The van der Waals surface area contributed by atoms with Crippen LogP contribution >= 0.6 is 12.2 Å². The van der Waals surface area contributed by atoms with Crippen LogP contribution in [-0.2, 0) is 4.79 Å². The van der Waals surface area contributed by atoms with Gasteiger partial charge in [-0.25, -0.2) is 4.39 Å². The molecule has 3 N–H and O–H groups in total. The first-order valence-electron chi connectivity index (χ1n) is 5.98. The van der Waals surface area contributed by atoms with Gasteiger partial charge in [0.25, 0.3) is 0 Å². The molecule has 2 aromatic rings. The van der Waals surface area contributed by atoms with Gasteiger partial charge < -0.3 is 11.1 Å². The number of hydrogen-bond donors (Lipinski definition) is 2. The molecule has 0 bridgehead atoms. The summed E-state index contributed by atoms with van der Waals surface area (Å²) in [6, 6.07) is 14.5. The van der Waals surface area contributed by atoms with E-state index in [9.17, 15) is 9.18 Å². The van der Waals surface area contributed by atoms with E-state index in [-0.39, 0.29) is 16.7 Å². The average Bonchev–Trinajstić information content (AvgIpc) is 2.42. The second kappa shape index (κ2) is 6.25. The van der Waals surface area contributed by atoms with Gasteiger partial charge in [-0.05, 0) is 29.8 Å². The highest BCUT2D eigenvalue weighted by Crippen LogP contribution is 2.19. The molecule has 1 amide bonds. The zero-order valence-electron chi connectivity index (χ0n) is 10.5. The number of rotatable bonds is 4. The second-order valence-electron chi connectivity index (χ2n) is 4.24. The first-order chi connectivity index (χ1) is 9.58. The molecule has 2 aromatic carbocycles. The lowest BCUT2D eigenvalue weighted by Gasteiger charge is -2.16. The van der Waals surface area contributed by atoms with E-state index < -0.39 is 5.92 Å². The minimum absolute atomic E-state index is 0.0933. The van der Waals surface area contributed by atoms with Crippen molar-refractivity contribution in [1.82, 2.24) is 0 Å². The molecule has 1 unspecified atom stereocenters. The fraction of sp³-hybridized carbons (Fsp3) is 0.0667. The van der Waals surface area contributed by atoms with Gasteiger partial charge in [0, 0.05) is 5.69 Å². The van der Waals surface area contributed by atoms with Gasteiger partial charge in [0.1, 0.15) is 11.7 Å². The van der Waals surface area contributed by atoms with Crippen LogP contribution in [0, 0.1) is 5.82 Å². The van der Waals surface area contributed by atoms with E-state index in [1.165, 1.54) is 24.3 Å². The lowest BCUT2D eigenvalue weighted by molar-refractivity contribution is -0.116. The number of benzene rings is 2. The minimum Gasteiger partial charge on any atom is -0.392 e. The van der Waals surface area contributed by atoms with Gasteiger partial charge in [0.2, 0.25) is 5.91 Å². The normalized spacial score (nSPS) is 11.7. The molecule has 0 radical (unpaired) electrons. The number of carbonyl (C=O) groups excluding carboxylic acids is 1. The maximum Gasteiger partial charge on any atom is 0.238 e. The van der Waals surface area contributed by atoms with Gasteiger partial charge in [-0.2, -0.15) is 0 Å². The Kier molecular flexibility index (Phi) is 4.42. The highest BCUT2D eigenvalue weighted by atomic mass is 32.1. The predicted octanol–water partition coefficient (Wildman–Crippen LogP) is 2.83. The fourth-order valence-electron chi connectivity index (χ4n) is 1.84. The zero-order chi connectivity index (χ0) is 14.5. The Morgan fingerprint density at radius 3 is 2.25 bits per heavy atom. The van der Waals surface area contributed by atoms with Crippen molar-refractivity contribution in [1.29, 1.82) is 0 Å². The number of thiocarbonyl (C=S) groups is 1. The molecule has 5 heteroatoms. The van der Waals surface area contributed by atoms with Crippen LogP contribution in [0.4, 0.5) is 10.1 Å². The molecule has 0 fully saturated rings.